The molecule has 22 heavy (non-hydrogen) atoms. The number of ether oxygens (including phenoxy) is 1. The van der Waals surface area contributed by atoms with Gasteiger partial charge in [0.05, 0.1) is 0 Å². The van der Waals surface area contributed by atoms with Gasteiger partial charge >= 0.3 is 5.97 Å². The van der Waals surface area contributed by atoms with Gasteiger partial charge in [0.1, 0.15) is 6.61 Å². The molecule has 0 bridgehead atoms. The summed E-state index contributed by atoms with van der Waals surface area (Å²) in [6.45, 7) is 17.5. The molecule has 0 N–H and O–H groups in total. The third-order valence-electron chi connectivity index (χ3n) is 3.67. The molecule has 0 aromatic rings. The summed E-state index contributed by atoms with van der Waals surface area (Å²) in [6.07, 6.45) is 5.23. The highest BCUT2D eigenvalue weighted by Crippen LogP contribution is 2.36. The second-order valence-corrected chi connectivity index (χ2v) is 11.6. The Balaban J connectivity index is 3.94. The highest BCUT2D eigenvalue weighted by molar-refractivity contribution is 6.74. The third-order valence-corrected chi connectivity index (χ3v) is 8.20. The standard InChI is InChI=1S/C18H30O3Si/c1-16(13-11-14-20-17(2)19)12-9-8-10-15-21-22(6,7)18(3,4)5/h11,13H,1,8,10,14-15H2,2-7H3/b13-11+. The lowest BCUT2D eigenvalue weighted by molar-refractivity contribution is -0.139. The first-order valence-corrected chi connectivity index (χ1v) is 10.6. The van der Waals surface area contributed by atoms with Crippen molar-refractivity contribution in [2.75, 3.05) is 13.2 Å². The first kappa shape index (κ1) is 20.7. The summed E-state index contributed by atoms with van der Waals surface area (Å²) in [5.41, 5.74) is 0.720. The summed E-state index contributed by atoms with van der Waals surface area (Å²) in [6, 6.07) is 0. The summed E-state index contributed by atoms with van der Waals surface area (Å²) in [5, 5.41) is 0.250. The molecule has 124 valence electrons. The minimum Gasteiger partial charge on any atom is -0.462 e. The molecule has 0 saturated heterocycles. The van der Waals surface area contributed by atoms with Crippen LogP contribution in [0.3, 0.4) is 0 Å². The molecule has 0 unspecified atom stereocenters. The fourth-order valence-electron chi connectivity index (χ4n) is 1.28. The largest absolute Gasteiger partial charge is 0.462 e. The van der Waals surface area contributed by atoms with Crippen molar-refractivity contribution in [3.8, 4) is 11.8 Å². The van der Waals surface area contributed by atoms with Crippen molar-refractivity contribution in [1.82, 2.24) is 0 Å². The second kappa shape index (κ2) is 9.65. The maximum atomic E-state index is 10.6. The van der Waals surface area contributed by atoms with Crippen LogP contribution in [0.1, 0.15) is 40.5 Å². The smallest absolute Gasteiger partial charge is 0.302 e. The number of esters is 1. The summed E-state index contributed by atoms with van der Waals surface area (Å²) >= 11 is 0. The first-order chi connectivity index (χ1) is 10.1. The third kappa shape index (κ3) is 9.59. The van der Waals surface area contributed by atoms with E-state index in [0.717, 1.165) is 25.0 Å². The molecule has 0 aromatic carbocycles. The van der Waals surface area contributed by atoms with E-state index in [-0.39, 0.29) is 17.6 Å². The Bertz CT molecular complexity index is 459. The van der Waals surface area contributed by atoms with Gasteiger partial charge in [-0.15, -0.1) is 0 Å². The molecule has 0 heterocycles. The number of unbranched alkanes of at least 4 members (excludes halogenated alkanes) is 1. The molecule has 0 atom stereocenters. The molecule has 4 heteroatoms. The maximum absolute atomic E-state index is 10.6. The van der Waals surface area contributed by atoms with Gasteiger partial charge in [-0.3, -0.25) is 4.79 Å². The fourth-order valence-corrected chi connectivity index (χ4v) is 2.37. The van der Waals surface area contributed by atoms with E-state index in [1.165, 1.54) is 6.92 Å². The summed E-state index contributed by atoms with van der Waals surface area (Å²) < 4.78 is 10.9. The number of carbonyl (C=O) groups is 1. The van der Waals surface area contributed by atoms with Gasteiger partial charge in [0.2, 0.25) is 0 Å². The molecule has 0 aliphatic rings. The summed E-state index contributed by atoms with van der Waals surface area (Å²) in [5.74, 6) is 5.78. The Labute approximate surface area is 136 Å². The topological polar surface area (TPSA) is 35.5 Å². The van der Waals surface area contributed by atoms with Crippen LogP contribution in [-0.4, -0.2) is 27.5 Å². The minimum absolute atomic E-state index is 0.250. The van der Waals surface area contributed by atoms with Crippen molar-refractivity contribution in [2.24, 2.45) is 0 Å². The Kier molecular flexibility index (Phi) is 9.08. The zero-order valence-corrected chi connectivity index (χ0v) is 15.9. The molecule has 0 rings (SSSR count). The SMILES string of the molecule is C=C(C#CCCCO[Si](C)(C)C(C)(C)C)/C=C/COC(C)=O. The van der Waals surface area contributed by atoms with E-state index in [1.807, 2.05) is 0 Å². The van der Waals surface area contributed by atoms with Crippen molar-refractivity contribution < 1.29 is 14.0 Å². The van der Waals surface area contributed by atoms with Gasteiger partial charge < -0.3 is 9.16 Å². The van der Waals surface area contributed by atoms with Gasteiger partial charge in [0.15, 0.2) is 8.32 Å². The highest BCUT2D eigenvalue weighted by Gasteiger charge is 2.36. The molecule has 0 saturated carbocycles. The average molecular weight is 323 g/mol. The predicted molar refractivity (Wildman–Crippen MR) is 95.1 cm³/mol. The molecule has 0 aromatic heterocycles. The van der Waals surface area contributed by atoms with Gasteiger partial charge in [0, 0.05) is 25.5 Å². The monoisotopic (exact) mass is 322 g/mol. The lowest BCUT2D eigenvalue weighted by Gasteiger charge is -2.36. The van der Waals surface area contributed by atoms with Crippen molar-refractivity contribution >= 4 is 14.3 Å². The molecule has 0 fully saturated rings. The molecule has 0 aliphatic heterocycles. The minimum atomic E-state index is -1.64. The second-order valence-electron chi connectivity index (χ2n) is 6.74. The van der Waals surface area contributed by atoms with Gasteiger partial charge in [-0.25, -0.2) is 0 Å². The molecular formula is C18H30O3Si. The predicted octanol–water partition coefficient (Wildman–Crippen LogP) is 4.47. The molecule has 3 nitrogen and oxygen atoms in total. The van der Waals surface area contributed by atoms with E-state index >= 15 is 0 Å². The normalized spacial score (nSPS) is 11.9. The molecule has 0 aliphatic carbocycles. The molecular weight excluding hydrogens is 292 g/mol. The molecule has 0 radical (unpaired) electrons. The van der Waals surface area contributed by atoms with Crippen LogP contribution in [-0.2, 0) is 14.0 Å². The lowest BCUT2D eigenvalue weighted by atomic mass is 10.2. The van der Waals surface area contributed by atoms with Crippen molar-refractivity contribution in [2.45, 2.75) is 58.7 Å². The van der Waals surface area contributed by atoms with E-state index < -0.39 is 8.32 Å². The number of rotatable bonds is 7. The number of allylic oxidation sites excluding steroid dienone is 2. The van der Waals surface area contributed by atoms with Gasteiger partial charge in [-0.2, -0.15) is 0 Å². The Morgan fingerprint density at radius 2 is 1.95 bits per heavy atom. The van der Waals surface area contributed by atoms with Crippen molar-refractivity contribution in [1.29, 1.82) is 0 Å². The van der Waals surface area contributed by atoms with E-state index in [1.54, 1.807) is 12.2 Å². The Hall–Kier alpha value is -1.31. The number of hydrogen-bond donors (Lipinski definition) is 0. The van der Waals surface area contributed by atoms with Crippen LogP contribution in [0.25, 0.3) is 0 Å². The highest BCUT2D eigenvalue weighted by atomic mass is 28.4. The zero-order chi connectivity index (χ0) is 17.2. The van der Waals surface area contributed by atoms with Crippen LogP contribution in [0, 0.1) is 11.8 Å². The zero-order valence-electron chi connectivity index (χ0n) is 14.9. The van der Waals surface area contributed by atoms with Crippen LogP contribution in [0.15, 0.2) is 24.3 Å². The van der Waals surface area contributed by atoms with Crippen LogP contribution in [0.5, 0.6) is 0 Å². The van der Waals surface area contributed by atoms with E-state index in [9.17, 15) is 4.79 Å². The average Bonchev–Trinajstić information content (AvgIpc) is 2.37. The van der Waals surface area contributed by atoms with Crippen molar-refractivity contribution in [3.05, 3.63) is 24.3 Å². The number of hydrogen-bond acceptors (Lipinski definition) is 3. The van der Waals surface area contributed by atoms with Gasteiger partial charge in [0.25, 0.3) is 0 Å². The maximum Gasteiger partial charge on any atom is 0.302 e. The lowest BCUT2D eigenvalue weighted by Crippen LogP contribution is -2.40. The summed E-state index contributed by atoms with van der Waals surface area (Å²) in [4.78, 5) is 10.6. The Morgan fingerprint density at radius 3 is 2.50 bits per heavy atom. The van der Waals surface area contributed by atoms with Crippen LogP contribution < -0.4 is 0 Å². The molecule has 0 amide bonds. The molecule has 0 spiro atoms. The Morgan fingerprint density at radius 1 is 1.32 bits per heavy atom. The quantitative estimate of drug-likeness (QED) is 0.228. The van der Waals surface area contributed by atoms with Crippen molar-refractivity contribution in [3.63, 3.8) is 0 Å². The first-order valence-electron chi connectivity index (χ1n) is 7.68. The summed E-state index contributed by atoms with van der Waals surface area (Å²) in [7, 11) is -1.64. The van der Waals surface area contributed by atoms with Gasteiger partial charge in [-0.1, -0.05) is 39.2 Å². The number of carbonyl (C=O) groups excluding carboxylic acids is 1. The fraction of sp³-hybridized carbons (Fsp3) is 0.611. The van der Waals surface area contributed by atoms with Crippen LogP contribution >= 0.6 is 0 Å². The van der Waals surface area contributed by atoms with E-state index in [2.05, 4.69) is 52.3 Å². The van der Waals surface area contributed by atoms with E-state index in [0.29, 0.717) is 0 Å². The van der Waals surface area contributed by atoms with E-state index in [4.69, 9.17) is 9.16 Å². The van der Waals surface area contributed by atoms with Crippen LogP contribution in [0.4, 0.5) is 0 Å². The van der Waals surface area contributed by atoms with Gasteiger partial charge in [-0.05, 0) is 36.7 Å². The van der Waals surface area contributed by atoms with Crippen LogP contribution in [0.2, 0.25) is 18.1 Å².